The van der Waals surface area contributed by atoms with E-state index < -0.39 is 11.7 Å². The van der Waals surface area contributed by atoms with E-state index in [-0.39, 0.29) is 30.8 Å². The van der Waals surface area contributed by atoms with E-state index >= 15 is 4.39 Å². The maximum atomic E-state index is 16.4. The van der Waals surface area contributed by atoms with Gasteiger partial charge in [0.2, 0.25) is 0 Å². The van der Waals surface area contributed by atoms with Gasteiger partial charge in [-0.3, -0.25) is 35.1 Å². The highest BCUT2D eigenvalue weighted by Crippen LogP contribution is 2.32. The Labute approximate surface area is 232 Å². The van der Waals surface area contributed by atoms with Crippen molar-refractivity contribution < 1.29 is 13.2 Å². The van der Waals surface area contributed by atoms with Gasteiger partial charge in [0.25, 0.3) is 5.92 Å². The van der Waals surface area contributed by atoms with Crippen molar-refractivity contribution >= 4 is 16.7 Å². The molecule has 1 saturated heterocycles. The van der Waals surface area contributed by atoms with Crippen molar-refractivity contribution in [2.45, 2.75) is 25.4 Å². The van der Waals surface area contributed by atoms with Crippen LogP contribution in [-0.2, 0) is 13.1 Å². The molecule has 0 aliphatic carbocycles. The zero-order valence-corrected chi connectivity index (χ0v) is 21.8. The number of halogens is 3. The molecular formula is C29H24F3N9. The van der Waals surface area contributed by atoms with Gasteiger partial charge in [-0.05, 0) is 29.8 Å². The molecule has 41 heavy (non-hydrogen) atoms. The third kappa shape index (κ3) is 4.85. The largest absolute Gasteiger partial charge is 0.337 e. The molecule has 5 aromatic heterocycles. The number of rotatable bonds is 5. The van der Waals surface area contributed by atoms with Crippen LogP contribution in [0, 0.1) is 5.82 Å². The van der Waals surface area contributed by atoms with E-state index in [9.17, 15) is 8.78 Å². The maximum absolute atomic E-state index is 16.4. The van der Waals surface area contributed by atoms with E-state index in [1.807, 2.05) is 18.2 Å². The molecule has 2 N–H and O–H groups in total. The molecule has 0 amide bonds. The molecule has 1 fully saturated rings. The number of imidazole rings is 1. The van der Waals surface area contributed by atoms with Crippen molar-refractivity contribution in [1.82, 2.24) is 40.1 Å². The fraction of sp³-hybridized carbons (Fsp3) is 0.241. The number of hydrogen-bond donors (Lipinski definition) is 2. The number of nitrogens with one attached hydrogen (secondary N) is 2. The highest BCUT2D eigenvalue weighted by atomic mass is 19.3. The Morgan fingerprint density at radius 1 is 0.976 bits per heavy atom. The minimum absolute atomic E-state index is 0.165. The molecule has 0 saturated carbocycles. The van der Waals surface area contributed by atoms with E-state index in [2.05, 4.69) is 35.2 Å². The first-order valence-corrected chi connectivity index (χ1v) is 13.2. The van der Waals surface area contributed by atoms with E-state index in [1.165, 1.54) is 6.20 Å². The Bertz CT molecular complexity index is 1790. The van der Waals surface area contributed by atoms with Crippen molar-refractivity contribution in [2.75, 3.05) is 19.8 Å². The number of H-pyrrole nitrogens is 1. The Balaban J connectivity index is 1.28. The van der Waals surface area contributed by atoms with Crippen LogP contribution in [0.1, 0.15) is 29.1 Å². The van der Waals surface area contributed by atoms with Gasteiger partial charge in [-0.25, -0.2) is 18.2 Å². The Morgan fingerprint density at radius 3 is 2.68 bits per heavy atom. The van der Waals surface area contributed by atoms with Gasteiger partial charge in [0.15, 0.2) is 5.82 Å². The summed E-state index contributed by atoms with van der Waals surface area (Å²) >= 11 is 0. The molecular weight excluding hydrogens is 531 g/mol. The molecule has 2 aliphatic heterocycles. The zero-order valence-electron chi connectivity index (χ0n) is 21.8. The van der Waals surface area contributed by atoms with Crippen LogP contribution < -0.4 is 5.32 Å². The molecule has 9 nitrogen and oxygen atoms in total. The summed E-state index contributed by atoms with van der Waals surface area (Å²) in [6.07, 6.45) is 9.55. The zero-order chi connectivity index (χ0) is 28.0. The molecule has 0 bridgehead atoms. The number of alkyl halides is 2. The highest BCUT2D eigenvalue weighted by molar-refractivity contribution is 6.13. The van der Waals surface area contributed by atoms with E-state index in [0.717, 1.165) is 16.6 Å². The smallest absolute Gasteiger partial charge is 0.261 e. The summed E-state index contributed by atoms with van der Waals surface area (Å²) in [4.78, 5) is 31.9. The molecule has 0 atom stereocenters. The van der Waals surface area contributed by atoms with Crippen LogP contribution in [-0.4, -0.2) is 66.2 Å². The van der Waals surface area contributed by atoms with Crippen LogP contribution >= 0.6 is 0 Å². The highest BCUT2D eigenvalue weighted by Gasteiger charge is 2.38. The van der Waals surface area contributed by atoms with Gasteiger partial charge in [0.1, 0.15) is 17.0 Å². The fourth-order valence-electron chi connectivity index (χ4n) is 5.37. The third-order valence-corrected chi connectivity index (χ3v) is 7.31. The predicted molar refractivity (Wildman–Crippen MR) is 147 cm³/mol. The van der Waals surface area contributed by atoms with E-state index in [0.29, 0.717) is 53.6 Å². The molecule has 5 aromatic rings. The second-order valence-electron chi connectivity index (χ2n) is 10.2. The number of likely N-dealkylation sites (tertiary alicyclic amines) is 1. The average Bonchev–Trinajstić information content (AvgIpc) is 3.48. The summed E-state index contributed by atoms with van der Waals surface area (Å²) in [6, 6.07) is 7.29. The first-order valence-electron chi connectivity index (χ1n) is 13.2. The minimum Gasteiger partial charge on any atom is -0.337 e. The van der Waals surface area contributed by atoms with Crippen molar-refractivity contribution in [1.29, 1.82) is 0 Å². The van der Waals surface area contributed by atoms with Crippen molar-refractivity contribution in [3.63, 3.8) is 0 Å². The number of aromatic amines is 1. The molecule has 2 aliphatic rings. The van der Waals surface area contributed by atoms with Gasteiger partial charge in [-0.1, -0.05) is 0 Å². The van der Waals surface area contributed by atoms with Crippen LogP contribution in [0.3, 0.4) is 0 Å². The van der Waals surface area contributed by atoms with Gasteiger partial charge in [0, 0.05) is 79.9 Å². The summed E-state index contributed by atoms with van der Waals surface area (Å²) in [5.74, 6) is -2.79. The van der Waals surface area contributed by atoms with Gasteiger partial charge in [0.05, 0.1) is 35.7 Å². The number of aliphatic imine (C=N–C) groups is 1. The van der Waals surface area contributed by atoms with E-state index in [4.69, 9.17) is 4.98 Å². The van der Waals surface area contributed by atoms with Crippen LogP contribution in [0.2, 0.25) is 0 Å². The quantitative estimate of drug-likeness (QED) is 0.332. The fourth-order valence-corrected chi connectivity index (χ4v) is 5.37. The van der Waals surface area contributed by atoms with Crippen LogP contribution in [0.25, 0.3) is 33.4 Å². The standard InChI is InChI=1S/C29H24F3N9/c30-24-20(19-9-17(10-34-11-19)14-41-8-4-29(31,32)15-41)12-37-22-13-35-16-38-27(23(22)24)28-39-21-3-7-36-25(26(21)40-28)18-1-5-33-6-2-18/h1-3,5-7,9-12,35H,4,8,13-16H2,(H,39,40). The molecule has 0 radical (unpaired) electrons. The molecule has 206 valence electrons. The van der Waals surface area contributed by atoms with Crippen molar-refractivity contribution in [2.24, 2.45) is 4.99 Å². The number of hydrogen-bond acceptors (Lipinski definition) is 8. The van der Waals surface area contributed by atoms with Gasteiger partial charge < -0.3 is 4.98 Å². The number of pyridine rings is 4. The molecule has 0 spiro atoms. The average molecular weight is 556 g/mol. The van der Waals surface area contributed by atoms with Crippen LogP contribution in [0.15, 0.2) is 66.4 Å². The third-order valence-electron chi connectivity index (χ3n) is 7.31. The Morgan fingerprint density at radius 2 is 1.85 bits per heavy atom. The molecule has 7 rings (SSSR count). The van der Waals surface area contributed by atoms with Crippen molar-refractivity contribution in [3.05, 3.63) is 89.9 Å². The van der Waals surface area contributed by atoms with E-state index in [1.54, 1.807) is 42.0 Å². The first kappa shape index (κ1) is 25.4. The Kier molecular flexibility index (Phi) is 6.28. The van der Waals surface area contributed by atoms with Gasteiger partial charge in [-0.15, -0.1) is 0 Å². The minimum atomic E-state index is -2.69. The lowest BCUT2D eigenvalue weighted by molar-refractivity contribution is 0.0115. The second kappa shape index (κ2) is 10.1. The molecule has 12 heteroatoms. The summed E-state index contributed by atoms with van der Waals surface area (Å²) in [7, 11) is 0. The van der Waals surface area contributed by atoms with Gasteiger partial charge in [-0.2, -0.15) is 0 Å². The Hall–Kier alpha value is -4.55. The lowest BCUT2D eigenvalue weighted by Crippen LogP contribution is -2.24. The number of fused-ring (bicyclic) bond motifs is 2. The lowest BCUT2D eigenvalue weighted by atomic mass is 9.99. The normalized spacial score (nSPS) is 16.9. The summed E-state index contributed by atoms with van der Waals surface area (Å²) < 4.78 is 43.8. The second-order valence-corrected chi connectivity index (χ2v) is 10.2. The molecule has 0 unspecified atom stereocenters. The molecule has 7 heterocycles. The summed E-state index contributed by atoms with van der Waals surface area (Å²) in [6.45, 7) is 0.888. The summed E-state index contributed by atoms with van der Waals surface area (Å²) in [5, 5.41) is 3.16. The summed E-state index contributed by atoms with van der Waals surface area (Å²) in [5.41, 5.74) is 5.45. The maximum Gasteiger partial charge on any atom is 0.261 e. The van der Waals surface area contributed by atoms with Crippen LogP contribution in [0.4, 0.5) is 13.2 Å². The number of nitrogens with zero attached hydrogens (tertiary/aromatic N) is 7. The topological polar surface area (TPSA) is 108 Å². The SMILES string of the molecule is Fc1c(-c2cncc(CN3CCC(F)(F)C3)c2)cnc2c1C(c1nc3c(-c4ccncc4)nccc3[nH]1)=NCNC2. The van der Waals surface area contributed by atoms with Crippen LogP contribution in [0.5, 0.6) is 0 Å². The predicted octanol–water partition coefficient (Wildman–Crippen LogP) is 4.36. The monoisotopic (exact) mass is 555 g/mol. The lowest BCUT2D eigenvalue weighted by Gasteiger charge is -2.16. The first-order chi connectivity index (χ1) is 19.9. The molecule has 0 aromatic carbocycles. The van der Waals surface area contributed by atoms with Gasteiger partial charge >= 0.3 is 0 Å². The van der Waals surface area contributed by atoms with Crippen molar-refractivity contribution in [3.8, 4) is 22.4 Å². The number of aromatic nitrogens is 6.